The van der Waals surface area contributed by atoms with Gasteiger partial charge in [-0.2, -0.15) is 0 Å². The Hall–Kier alpha value is -1.15. The van der Waals surface area contributed by atoms with E-state index in [1.165, 1.54) is 17.6 Å². The molecular weight excluding hydrogens is 288 g/mol. The monoisotopic (exact) mass is 306 g/mol. The third-order valence-corrected chi connectivity index (χ3v) is 5.61. The summed E-state index contributed by atoms with van der Waals surface area (Å²) in [5.74, 6) is -0.478. The molecule has 0 aromatic carbocycles. The van der Waals surface area contributed by atoms with E-state index in [4.69, 9.17) is 4.74 Å². The molecule has 0 amide bonds. The Morgan fingerprint density at radius 1 is 1.53 bits per heavy atom. The first-order chi connectivity index (χ1) is 8.67. The molecule has 0 bridgehead atoms. The Bertz CT molecular complexity index is 549. The highest BCUT2D eigenvalue weighted by molar-refractivity contribution is 7.92. The minimum atomic E-state index is -3.17. The average Bonchev–Trinajstić information content (AvgIpc) is 2.74. The Kier molecular flexibility index (Phi) is 4.92. The van der Waals surface area contributed by atoms with Crippen molar-refractivity contribution >= 4 is 32.3 Å². The highest BCUT2D eigenvalue weighted by atomic mass is 32.2. The number of sulfone groups is 1. The van der Waals surface area contributed by atoms with Gasteiger partial charge in [0.15, 0.2) is 20.7 Å². The number of hydrogen-bond acceptors (Lipinski definition) is 7. The lowest BCUT2D eigenvalue weighted by atomic mass is 10.2. The van der Waals surface area contributed by atoms with E-state index in [9.17, 15) is 13.2 Å². The van der Waals surface area contributed by atoms with Crippen LogP contribution in [-0.2, 0) is 14.6 Å². The van der Waals surface area contributed by atoms with Crippen molar-refractivity contribution in [3.8, 4) is 0 Å². The predicted octanol–water partition coefficient (Wildman–Crippen LogP) is 1.55. The topological polar surface area (TPSA) is 85.4 Å². The first kappa shape index (κ1) is 15.9. The van der Waals surface area contributed by atoms with Gasteiger partial charge in [0.05, 0.1) is 11.4 Å². The van der Waals surface area contributed by atoms with E-state index in [1.807, 2.05) is 0 Å². The summed E-state index contributed by atoms with van der Waals surface area (Å²) < 4.78 is 27.0. The third-order valence-electron chi connectivity index (χ3n) is 2.66. The largest absolute Gasteiger partial charge is 0.461 e. The molecule has 0 atom stereocenters. The van der Waals surface area contributed by atoms with Crippen molar-refractivity contribution in [1.82, 2.24) is 4.98 Å². The van der Waals surface area contributed by atoms with Crippen molar-refractivity contribution in [3.63, 3.8) is 0 Å². The van der Waals surface area contributed by atoms with E-state index in [-0.39, 0.29) is 12.2 Å². The summed E-state index contributed by atoms with van der Waals surface area (Å²) >= 11 is 1.24. The number of nitrogens with one attached hydrogen (secondary N) is 1. The third kappa shape index (κ3) is 4.17. The van der Waals surface area contributed by atoms with Gasteiger partial charge in [-0.05, 0) is 20.8 Å². The predicted molar refractivity (Wildman–Crippen MR) is 75.5 cm³/mol. The van der Waals surface area contributed by atoms with Crippen LogP contribution in [0.15, 0.2) is 5.38 Å². The van der Waals surface area contributed by atoms with Crippen LogP contribution in [-0.4, -0.2) is 43.5 Å². The van der Waals surface area contributed by atoms with Gasteiger partial charge in [-0.1, -0.05) is 0 Å². The van der Waals surface area contributed by atoms with Gasteiger partial charge in [0.2, 0.25) is 0 Å². The van der Waals surface area contributed by atoms with Crippen LogP contribution in [0.4, 0.5) is 5.13 Å². The van der Waals surface area contributed by atoms with Gasteiger partial charge in [0, 0.05) is 18.2 Å². The second-order valence-electron chi connectivity index (χ2n) is 4.64. The Labute approximate surface area is 117 Å². The molecule has 108 valence electrons. The summed E-state index contributed by atoms with van der Waals surface area (Å²) in [6.07, 6.45) is 1.20. The molecule has 0 fully saturated rings. The minimum absolute atomic E-state index is 0.224. The van der Waals surface area contributed by atoms with Gasteiger partial charge < -0.3 is 10.1 Å². The van der Waals surface area contributed by atoms with Crippen molar-refractivity contribution < 1.29 is 17.9 Å². The van der Waals surface area contributed by atoms with Crippen molar-refractivity contribution in [2.75, 3.05) is 24.7 Å². The van der Waals surface area contributed by atoms with Crippen LogP contribution in [0, 0.1) is 0 Å². The van der Waals surface area contributed by atoms with Crippen molar-refractivity contribution in [2.24, 2.45) is 0 Å². The lowest BCUT2D eigenvalue weighted by Crippen LogP contribution is -2.38. The lowest BCUT2D eigenvalue weighted by molar-refractivity contribution is 0.0520. The number of carbonyl (C=O) groups is 1. The first-order valence-electron chi connectivity index (χ1n) is 5.73. The molecule has 1 N–H and O–H groups in total. The number of ether oxygens (including phenoxy) is 1. The molecule has 1 rings (SSSR count). The van der Waals surface area contributed by atoms with Crippen LogP contribution in [0.1, 0.15) is 31.3 Å². The van der Waals surface area contributed by atoms with Crippen LogP contribution >= 0.6 is 11.3 Å². The highest BCUT2D eigenvalue weighted by Gasteiger charge is 2.30. The van der Waals surface area contributed by atoms with Crippen molar-refractivity contribution in [1.29, 1.82) is 0 Å². The summed E-state index contributed by atoms with van der Waals surface area (Å²) in [6.45, 7) is 5.50. The molecule has 0 radical (unpaired) electrons. The number of hydrogen-bond donors (Lipinski definition) is 1. The van der Waals surface area contributed by atoms with Crippen LogP contribution < -0.4 is 5.32 Å². The molecule has 0 aliphatic heterocycles. The van der Waals surface area contributed by atoms with Crippen molar-refractivity contribution in [2.45, 2.75) is 25.5 Å². The Morgan fingerprint density at radius 2 is 2.16 bits per heavy atom. The second-order valence-corrected chi connectivity index (χ2v) is 8.15. The van der Waals surface area contributed by atoms with Crippen molar-refractivity contribution in [3.05, 3.63) is 11.1 Å². The van der Waals surface area contributed by atoms with E-state index in [0.717, 1.165) is 0 Å². The Morgan fingerprint density at radius 3 is 2.68 bits per heavy atom. The average molecular weight is 306 g/mol. The van der Waals surface area contributed by atoms with Gasteiger partial charge in [-0.3, -0.25) is 0 Å². The number of carbonyl (C=O) groups excluding carboxylic acids is 1. The fourth-order valence-corrected chi connectivity index (χ4v) is 2.09. The maximum Gasteiger partial charge on any atom is 0.357 e. The molecule has 0 saturated carbocycles. The van der Waals surface area contributed by atoms with Crippen LogP contribution in [0.5, 0.6) is 0 Å². The number of nitrogens with zero attached hydrogens (tertiary/aromatic N) is 1. The number of aromatic nitrogens is 1. The zero-order valence-electron chi connectivity index (χ0n) is 11.4. The molecular formula is C11H18N2O4S2. The number of anilines is 1. The Balaban J connectivity index is 2.68. The number of esters is 1. The molecule has 6 nitrogen and oxygen atoms in total. The molecule has 0 aliphatic rings. The molecule has 0 spiro atoms. The minimum Gasteiger partial charge on any atom is -0.461 e. The summed E-state index contributed by atoms with van der Waals surface area (Å²) in [7, 11) is -3.17. The number of thiazole rings is 1. The van der Waals surface area contributed by atoms with Crippen LogP contribution in [0.2, 0.25) is 0 Å². The second kappa shape index (κ2) is 5.87. The van der Waals surface area contributed by atoms with Gasteiger partial charge in [-0.25, -0.2) is 18.2 Å². The number of rotatable bonds is 6. The summed E-state index contributed by atoms with van der Waals surface area (Å²) in [6, 6.07) is 0. The summed E-state index contributed by atoms with van der Waals surface area (Å²) in [4.78, 5) is 15.5. The molecule has 1 aromatic rings. The van der Waals surface area contributed by atoms with E-state index >= 15 is 0 Å². The normalized spacial score (nSPS) is 12.2. The zero-order valence-corrected chi connectivity index (χ0v) is 13.0. The van der Waals surface area contributed by atoms with Gasteiger partial charge in [0.25, 0.3) is 0 Å². The fourth-order valence-electron chi connectivity index (χ4n) is 1.07. The van der Waals surface area contributed by atoms with E-state index < -0.39 is 20.6 Å². The zero-order chi connectivity index (χ0) is 14.7. The quantitative estimate of drug-likeness (QED) is 0.803. The summed E-state index contributed by atoms with van der Waals surface area (Å²) in [5.41, 5.74) is 0.228. The van der Waals surface area contributed by atoms with Gasteiger partial charge >= 0.3 is 5.97 Å². The molecule has 19 heavy (non-hydrogen) atoms. The van der Waals surface area contributed by atoms with E-state index in [1.54, 1.807) is 26.2 Å². The SMILES string of the molecule is CCOC(=O)c1csc(NCC(C)(C)S(C)(=O)=O)n1. The van der Waals surface area contributed by atoms with Gasteiger partial charge in [0.1, 0.15) is 0 Å². The summed E-state index contributed by atoms with van der Waals surface area (Å²) in [5, 5.41) is 5.01. The molecule has 0 aliphatic carbocycles. The fraction of sp³-hybridized carbons (Fsp3) is 0.636. The molecule has 1 aromatic heterocycles. The lowest BCUT2D eigenvalue weighted by Gasteiger charge is -2.22. The smallest absolute Gasteiger partial charge is 0.357 e. The molecule has 0 unspecified atom stereocenters. The highest BCUT2D eigenvalue weighted by Crippen LogP contribution is 2.20. The molecule has 0 saturated heterocycles. The van der Waals surface area contributed by atoms with Crippen LogP contribution in [0.3, 0.4) is 0 Å². The van der Waals surface area contributed by atoms with Gasteiger partial charge in [-0.15, -0.1) is 11.3 Å². The standard InChI is InChI=1S/C11H18N2O4S2/c1-5-17-9(14)8-6-18-10(13-8)12-7-11(2,3)19(4,15)16/h6H,5,7H2,1-4H3,(H,12,13). The first-order valence-corrected chi connectivity index (χ1v) is 8.50. The van der Waals surface area contributed by atoms with E-state index in [0.29, 0.717) is 11.7 Å². The van der Waals surface area contributed by atoms with E-state index in [2.05, 4.69) is 10.3 Å². The maximum atomic E-state index is 11.5. The maximum absolute atomic E-state index is 11.5. The van der Waals surface area contributed by atoms with Crippen LogP contribution in [0.25, 0.3) is 0 Å². The molecule has 8 heteroatoms. The molecule has 1 heterocycles.